The molecule has 0 saturated heterocycles. The van der Waals surface area contributed by atoms with Crippen LogP contribution in [0.3, 0.4) is 0 Å². The van der Waals surface area contributed by atoms with Gasteiger partial charge in [0.1, 0.15) is 4.92 Å². The first-order valence-corrected chi connectivity index (χ1v) is 8.59. The maximum Gasteiger partial charge on any atom is 0.433 e. The van der Waals surface area contributed by atoms with Crippen LogP contribution < -0.4 is 10.6 Å². The number of nitrogens with one attached hydrogen (secondary N) is 2. The van der Waals surface area contributed by atoms with Crippen LogP contribution in [0.25, 0.3) is 0 Å². The first-order valence-electron chi connectivity index (χ1n) is 7.77. The Morgan fingerprint density at radius 3 is 2.58 bits per heavy atom. The van der Waals surface area contributed by atoms with Gasteiger partial charge in [-0.2, -0.15) is 0 Å². The maximum absolute atomic E-state index is 12.0. The topological polar surface area (TPSA) is 123 Å². The van der Waals surface area contributed by atoms with Crippen LogP contribution >= 0.6 is 11.3 Å². The molecule has 2 N–H and O–H groups in total. The van der Waals surface area contributed by atoms with Crippen LogP contribution in [0.5, 0.6) is 0 Å². The van der Waals surface area contributed by atoms with Gasteiger partial charge in [-0.15, -0.1) is 10.2 Å². The Morgan fingerprint density at radius 1 is 1.21 bits per heavy atom. The molecule has 2 aromatic rings. The lowest BCUT2D eigenvalue weighted by Gasteiger charge is -2.14. The highest BCUT2D eigenvalue weighted by molar-refractivity contribution is 7.19. The molecule has 9 nitrogen and oxygen atoms in total. The number of rotatable bonds is 5. The summed E-state index contributed by atoms with van der Waals surface area (Å²) in [7, 11) is 0. The van der Waals surface area contributed by atoms with Gasteiger partial charge in [0.15, 0.2) is 5.76 Å². The van der Waals surface area contributed by atoms with Crippen molar-refractivity contribution in [1.29, 1.82) is 0 Å². The van der Waals surface area contributed by atoms with Crippen molar-refractivity contribution in [1.82, 2.24) is 10.2 Å². The van der Waals surface area contributed by atoms with E-state index >= 15 is 0 Å². The van der Waals surface area contributed by atoms with Crippen molar-refractivity contribution < 1.29 is 14.1 Å². The Hall–Kier alpha value is -2.49. The van der Waals surface area contributed by atoms with Crippen LogP contribution in [0.2, 0.25) is 0 Å². The average Bonchev–Trinajstić information content (AvgIpc) is 3.13. The van der Waals surface area contributed by atoms with E-state index in [1.807, 2.05) is 0 Å². The van der Waals surface area contributed by atoms with E-state index in [0.717, 1.165) is 18.9 Å². The number of carbonyl (C=O) groups excluding carboxylic acids is 1. The van der Waals surface area contributed by atoms with Crippen LogP contribution in [-0.4, -0.2) is 27.1 Å². The molecule has 1 aliphatic rings. The molecule has 0 aliphatic heterocycles. The van der Waals surface area contributed by atoms with Gasteiger partial charge >= 0.3 is 5.88 Å². The van der Waals surface area contributed by atoms with Gasteiger partial charge in [-0.3, -0.25) is 20.2 Å². The van der Waals surface area contributed by atoms with Crippen molar-refractivity contribution in [2.75, 3.05) is 10.6 Å². The molecule has 10 heteroatoms. The number of hydrogen-bond acceptors (Lipinski definition) is 8. The van der Waals surface area contributed by atoms with Crippen molar-refractivity contribution in [2.24, 2.45) is 0 Å². The van der Waals surface area contributed by atoms with Crippen molar-refractivity contribution in [3.05, 3.63) is 28.0 Å². The van der Waals surface area contributed by atoms with Gasteiger partial charge in [0, 0.05) is 6.04 Å². The second kappa shape index (κ2) is 7.39. The lowest BCUT2D eigenvalue weighted by Crippen LogP contribution is -2.17. The van der Waals surface area contributed by atoms with Crippen LogP contribution in [0, 0.1) is 10.1 Å². The molecule has 2 aromatic heterocycles. The Labute approximate surface area is 141 Å². The summed E-state index contributed by atoms with van der Waals surface area (Å²) in [6.45, 7) is 0. The molecule has 0 spiro atoms. The van der Waals surface area contributed by atoms with Crippen LogP contribution in [0.1, 0.15) is 49.1 Å². The number of aromatic nitrogens is 2. The molecule has 0 atom stereocenters. The summed E-state index contributed by atoms with van der Waals surface area (Å²) < 4.78 is 4.85. The monoisotopic (exact) mass is 351 g/mol. The SMILES string of the molecule is O=C(Nc1nnc(NC2CCCCCC2)s1)c1ccc([N+](=O)[O-])o1. The fourth-order valence-electron chi connectivity index (χ4n) is 2.64. The minimum atomic E-state index is -0.698. The third kappa shape index (κ3) is 4.07. The van der Waals surface area contributed by atoms with Gasteiger partial charge in [-0.1, -0.05) is 37.0 Å². The number of nitro groups is 1. The molecule has 0 aromatic carbocycles. The molecule has 2 heterocycles. The highest BCUT2D eigenvalue weighted by atomic mass is 32.1. The zero-order valence-corrected chi connectivity index (χ0v) is 13.7. The molecule has 1 fully saturated rings. The average molecular weight is 351 g/mol. The Morgan fingerprint density at radius 2 is 1.92 bits per heavy atom. The third-order valence-electron chi connectivity index (χ3n) is 3.82. The molecule has 24 heavy (non-hydrogen) atoms. The summed E-state index contributed by atoms with van der Waals surface area (Å²) in [5.41, 5.74) is 0. The molecule has 0 bridgehead atoms. The largest absolute Gasteiger partial charge is 0.433 e. The maximum atomic E-state index is 12.0. The van der Waals surface area contributed by atoms with Crippen LogP contribution in [-0.2, 0) is 0 Å². The second-order valence-corrected chi connectivity index (χ2v) is 6.57. The quantitative estimate of drug-likeness (QED) is 0.480. The summed E-state index contributed by atoms with van der Waals surface area (Å²) in [5.74, 6) is -1.22. The summed E-state index contributed by atoms with van der Waals surface area (Å²) >= 11 is 1.23. The Balaban J connectivity index is 1.58. The first-order chi connectivity index (χ1) is 11.6. The molecule has 0 unspecified atom stereocenters. The normalized spacial score (nSPS) is 15.7. The zero-order valence-electron chi connectivity index (χ0n) is 12.9. The van der Waals surface area contributed by atoms with Gasteiger partial charge < -0.3 is 9.73 Å². The predicted octanol–water partition coefficient (Wildman–Crippen LogP) is 3.43. The van der Waals surface area contributed by atoms with Gasteiger partial charge in [-0.25, -0.2) is 0 Å². The lowest BCUT2D eigenvalue weighted by atomic mass is 10.1. The number of anilines is 2. The van der Waals surface area contributed by atoms with Gasteiger partial charge in [-0.05, 0) is 18.9 Å². The summed E-state index contributed by atoms with van der Waals surface area (Å²) in [5, 5.41) is 25.4. The van der Waals surface area contributed by atoms with E-state index in [2.05, 4.69) is 20.8 Å². The molecule has 0 radical (unpaired) electrons. The minimum Gasteiger partial charge on any atom is -0.395 e. The molecule has 1 aliphatic carbocycles. The highest BCUT2D eigenvalue weighted by Gasteiger charge is 2.19. The fourth-order valence-corrected chi connectivity index (χ4v) is 3.35. The smallest absolute Gasteiger partial charge is 0.395 e. The van der Waals surface area contributed by atoms with E-state index in [0.29, 0.717) is 16.3 Å². The molecule has 128 valence electrons. The van der Waals surface area contributed by atoms with Crippen molar-refractivity contribution in [3.63, 3.8) is 0 Å². The van der Waals surface area contributed by atoms with E-state index < -0.39 is 16.7 Å². The van der Waals surface area contributed by atoms with Crippen molar-refractivity contribution >= 4 is 33.4 Å². The van der Waals surface area contributed by atoms with Crippen molar-refractivity contribution in [3.8, 4) is 0 Å². The number of hydrogen-bond donors (Lipinski definition) is 2. The van der Waals surface area contributed by atoms with E-state index in [9.17, 15) is 14.9 Å². The number of nitrogens with zero attached hydrogens (tertiary/aromatic N) is 3. The Kier molecular flexibility index (Phi) is 5.04. The summed E-state index contributed by atoms with van der Waals surface area (Å²) in [4.78, 5) is 21.9. The summed E-state index contributed by atoms with van der Waals surface area (Å²) in [6, 6.07) is 2.77. The number of amides is 1. The van der Waals surface area contributed by atoms with E-state index in [-0.39, 0.29) is 5.76 Å². The predicted molar refractivity (Wildman–Crippen MR) is 88.3 cm³/mol. The molecule has 3 rings (SSSR count). The van der Waals surface area contributed by atoms with E-state index in [4.69, 9.17) is 4.42 Å². The number of furan rings is 1. The summed E-state index contributed by atoms with van der Waals surface area (Å²) in [6.07, 6.45) is 7.17. The van der Waals surface area contributed by atoms with E-state index in [1.165, 1.54) is 43.1 Å². The van der Waals surface area contributed by atoms with Crippen LogP contribution in [0.4, 0.5) is 16.1 Å². The second-order valence-electron chi connectivity index (χ2n) is 5.59. The molecular formula is C14H17N5O4S. The standard InChI is InChI=1S/C14H17N5O4S/c20-12(10-7-8-11(23-10)19(21)22)16-14-18-17-13(24-14)15-9-5-3-1-2-4-6-9/h7-9H,1-6H2,(H,15,17)(H,16,18,20). The van der Waals surface area contributed by atoms with Gasteiger partial charge in [0.2, 0.25) is 10.3 Å². The number of carbonyl (C=O) groups is 1. The zero-order chi connectivity index (χ0) is 16.9. The minimum absolute atomic E-state index is 0.143. The third-order valence-corrected chi connectivity index (χ3v) is 4.59. The lowest BCUT2D eigenvalue weighted by molar-refractivity contribution is -0.402. The Bertz CT molecular complexity index is 720. The van der Waals surface area contributed by atoms with Crippen LogP contribution in [0.15, 0.2) is 16.5 Å². The van der Waals surface area contributed by atoms with E-state index in [1.54, 1.807) is 0 Å². The van der Waals surface area contributed by atoms with Gasteiger partial charge in [0.05, 0.1) is 6.07 Å². The first kappa shape index (κ1) is 16.4. The molecule has 1 amide bonds. The van der Waals surface area contributed by atoms with Gasteiger partial charge in [0.25, 0.3) is 5.91 Å². The highest BCUT2D eigenvalue weighted by Crippen LogP contribution is 2.26. The molecular weight excluding hydrogens is 334 g/mol. The van der Waals surface area contributed by atoms with Crippen molar-refractivity contribution in [2.45, 2.75) is 44.6 Å². The fraction of sp³-hybridized carbons (Fsp3) is 0.500. The molecule has 1 saturated carbocycles.